The summed E-state index contributed by atoms with van der Waals surface area (Å²) in [6.45, 7) is 2.16. The first-order valence-electron chi connectivity index (χ1n) is 7.23. The molecule has 0 saturated carbocycles. The third kappa shape index (κ3) is 4.51. The van der Waals surface area contributed by atoms with Gasteiger partial charge in [0.05, 0.1) is 65.0 Å². The Morgan fingerprint density at radius 1 is 0.870 bits per heavy atom. The Labute approximate surface area is 134 Å². The molecule has 0 aromatic heterocycles. The fourth-order valence-electron chi connectivity index (χ4n) is 2.29. The number of rotatable bonds is 2. The maximum atomic E-state index is 12.1. The van der Waals surface area contributed by atoms with Crippen molar-refractivity contribution in [3.63, 3.8) is 0 Å². The molecular weight excluding hydrogens is 304 g/mol. The number of methoxy groups -OCH3 is 2. The van der Waals surface area contributed by atoms with E-state index in [0.717, 1.165) is 5.56 Å². The first kappa shape index (κ1) is 17.4. The predicted octanol–water partition coefficient (Wildman–Crippen LogP) is 1.32. The lowest BCUT2D eigenvalue weighted by molar-refractivity contribution is 0.00502. The summed E-state index contributed by atoms with van der Waals surface area (Å²) >= 11 is 0. The summed E-state index contributed by atoms with van der Waals surface area (Å²) in [5.41, 5.74) is 1.60. The van der Waals surface area contributed by atoms with Crippen LogP contribution in [0.4, 0.5) is 0 Å². The van der Waals surface area contributed by atoms with E-state index in [9.17, 15) is 9.59 Å². The summed E-state index contributed by atoms with van der Waals surface area (Å²) in [5, 5.41) is 0. The molecule has 0 spiro atoms. The minimum atomic E-state index is -0.611. The monoisotopic (exact) mass is 324 g/mol. The average molecular weight is 324 g/mol. The Morgan fingerprint density at radius 3 is 2.13 bits per heavy atom. The summed E-state index contributed by atoms with van der Waals surface area (Å²) < 4.78 is 25.9. The van der Waals surface area contributed by atoms with E-state index in [-0.39, 0.29) is 17.7 Å². The Morgan fingerprint density at radius 2 is 1.48 bits per heavy atom. The molecule has 126 valence electrons. The largest absolute Gasteiger partial charge is 0.465 e. The minimum Gasteiger partial charge on any atom is -0.465 e. The fraction of sp³-hybridized carbons (Fsp3) is 0.500. The Hall–Kier alpha value is -1.96. The van der Waals surface area contributed by atoms with Gasteiger partial charge < -0.3 is 23.7 Å². The molecule has 1 aromatic rings. The van der Waals surface area contributed by atoms with E-state index in [1.54, 1.807) is 12.1 Å². The van der Waals surface area contributed by atoms with Crippen molar-refractivity contribution in [1.82, 2.24) is 0 Å². The zero-order valence-electron chi connectivity index (χ0n) is 13.3. The second-order valence-corrected chi connectivity index (χ2v) is 4.88. The first-order chi connectivity index (χ1) is 11.2. The van der Waals surface area contributed by atoms with Gasteiger partial charge in [0.1, 0.15) is 0 Å². The lowest BCUT2D eigenvalue weighted by Gasteiger charge is -2.16. The molecule has 0 fully saturated rings. The first-order valence-corrected chi connectivity index (χ1v) is 7.23. The zero-order valence-corrected chi connectivity index (χ0v) is 13.3. The van der Waals surface area contributed by atoms with Gasteiger partial charge in [-0.3, -0.25) is 0 Å². The number of carbonyl (C=O) groups is 2. The van der Waals surface area contributed by atoms with Crippen molar-refractivity contribution in [1.29, 1.82) is 0 Å². The van der Waals surface area contributed by atoms with Gasteiger partial charge in [-0.25, -0.2) is 9.59 Å². The summed E-state index contributed by atoms with van der Waals surface area (Å²) in [4.78, 5) is 24.1. The highest BCUT2D eigenvalue weighted by molar-refractivity contribution is 6.04. The van der Waals surface area contributed by atoms with Crippen molar-refractivity contribution in [3.8, 4) is 0 Å². The van der Waals surface area contributed by atoms with Crippen LogP contribution < -0.4 is 0 Å². The van der Waals surface area contributed by atoms with Crippen LogP contribution in [0.1, 0.15) is 31.8 Å². The van der Waals surface area contributed by atoms with Gasteiger partial charge in [-0.05, 0) is 17.2 Å². The van der Waals surface area contributed by atoms with Crippen LogP contribution in [0.25, 0.3) is 0 Å². The highest BCUT2D eigenvalue weighted by Crippen LogP contribution is 2.22. The van der Waals surface area contributed by atoms with Crippen molar-refractivity contribution >= 4 is 11.9 Å². The fourth-order valence-corrected chi connectivity index (χ4v) is 2.29. The Kier molecular flexibility index (Phi) is 6.52. The highest BCUT2D eigenvalue weighted by atomic mass is 16.5. The van der Waals surface area contributed by atoms with Gasteiger partial charge >= 0.3 is 11.9 Å². The van der Waals surface area contributed by atoms with Crippen LogP contribution in [0.3, 0.4) is 0 Å². The third-order valence-corrected chi connectivity index (χ3v) is 3.34. The van der Waals surface area contributed by atoms with E-state index in [2.05, 4.69) is 0 Å². The van der Waals surface area contributed by atoms with Gasteiger partial charge in [0, 0.05) is 0 Å². The van der Waals surface area contributed by atoms with E-state index in [0.29, 0.717) is 38.6 Å². The molecule has 0 N–H and O–H groups in total. The van der Waals surface area contributed by atoms with Crippen molar-refractivity contribution in [3.05, 3.63) is 34.4 Å². The van der Waals surface area contributed by atoms with Gasteiger partial charge in [0.2, 0.25) is 0 Å². The maximum absolute atomic E-state index is 12.1. The van der Waals surface area contributed by atoms with Gasteiger partial charge in [0.15, 0.2) is 0 Å². The SMILES string of the molecule is COC(=O)c1cc2cc(c1C(=O)OC)COCCOCCOC2. The van der Waals surface area contributed by atoms with E-state index in [1.807, 2.05) is 0 Å². The molecule has 7 heteroatoms. The number of esters is 2. The zero-order chi connectivity index (χ0) is 16.7. The average Bonchev–Trinajstić information content (AvgIpc) is 2.57. The van der Waals surface area contributed by atoms with Crippen LogP contribution in [-0.4, -0.2) is 52.6 Å². The quantitative estimate of drug-likeness (QED) is 0.759. The normalized spacial score (nSPS) is 15.9. The molecule has 1 heterocycles. The summed E-state index contributed by atoms with van der Waals surface area (Å²) in [6.07, 6.45) is 0. The predicted molar refractivity (Wildman–Crippen MR) is 79.3 cm³/mol. The molecule has 23 heavy (non-hydrogen) atoms. The second kappa shape index (κ2) is 8.61. The molecule has 1 aliphatic rings. The van der Waals surface area contributed by atoms with Crippen LogP contribution in [0.5, 0.6) is 0 Å². The molecule has 0 unspecified atom stereocenters. The number of hydrogen-bond acceptors (Lipinski definition) is 7. The van der Waals surface area contributed by atoms with Gasteiger partial charge in [-0.15, -0.1) is 0 Å². The van der Waals surface area contributed by atoms with Gasteiger partial charge in [0.25, 0.3) is 0 Å². The van der Waals surface area contributed by atoms with Gasteiger partial charge in [-0.2, -0.15) is 0 Å². The van der Waals surface area contributed by atoms with Crippen LogP contribution >= 0.6 is 0 Å². The summed E-state index contributed by atoms with van der Waals surface area (Å²) in [6, 6.07) is 3.36. The maximum Gasteiger partial charge on any atom is 0.339 e. The Balaban J connectivity index is 2.46. The summed E-state index contributed by atoms with van der Waals surface area (Å²) in [5.74, 6) is -1.22. The van der Waals surface area contributed by atoms with E-state index in [1.165, 1.54) is 14.2 Å². The number of benzene rings is 1. The molecule has 0 radical (unpaired) electrons. The molecule has 0 amide bonds. The molecule has 2 bridgehead atoms. The van der Waals surface area contributed by atoms with Crippen molar-refractivity contribution in [2.45, 2.75) is 13.2 Å². The summed E-state index contributed by atoms with van der Waals surface area (Å²) in [7, 11) is 2.52. The number of ether oxygens (including phenoxy) is 5. The molecule has 7 nitrogen and oxygen atoms in total. The number of fused-ring (bicyclic) bond motifs is 2. The minimum absolute atomic E-state index is 0.146. The number of carbonyl (C=O) groups excluding carboxylic acids is 2. The van der Waals surface area contributed by atoms with Crippen LogP contribution in [0.15, 0.2) is 12.1 Å². The molecule has 1 aromatic carbocycles. The smallest absolute Gasteiger partial charge is 0.339 e. The molecule has 0 saturated heterocycles. The third-order valence-electron chi connectivity index (χ3n) is 3.34. The molecule has 1 aliphatic heterocycles. The van der Waals surface area contributed by atoms with Gasteiger partial charge in [-0.1, -0.05) is 6.07 Å². The van der Waals surface area contributed by atoms with Crippen LogP contribution in [0, 0.1) is 0 Å². The van der Waals surface area contributed by atoms with E-state index < -0.39 is 11.9 Å². The van der Waals surface area contributed by atoms with Crippen molar-refractivity contribution in [2.24, 2.45) is 0 Å². The highest BCUT2D eigenvalue weighted by Gasteiger charge is 2.24. The molecule has 0 aliphatic carbocycles. The van der Waals surface area contributed by atoms with Crippen molar-refractivity contribution in [2.75, 3.05) is 40.6 Å². The number of hydrogen-bond donors (Lipinski definition) is 0. The molecule has 2 rings (SSSR count). The second-order valence-electron chi connectivity index (χ2n) is 4.88. The molecular formula is C16H20O7. The molecule has 0 atom stereocenters. The standard InChI is InChI=1S/C16H20O7/c1-19-15(17)13-8-11-7-12(14(13)16(18)20-2)10-23-6-4-21-3-5-22-9-11/h7-8H,3-6,9-10H2,1-2H3. The van der Waals surface area contributed by atoms with E-state index >= 15 is 0 Å². The lowest BCUT2D eigenvalue weighted by atomic mass is 9.97. The van der Waals surface area contributed by atoms with E-state index in [4.69, 9.17) is 23.7 Å². The Bertz CT molecular complexity index is 568. The van der Waals surface area contributed by atoms with Crippen LogP contribution in [-0.2, 0) is 36.9 Å². The lowest BCUT2D eigenvalue weighted by Crippen LogP contribution is -2.18. The topological polar surface area (TPSA) is 80.3 Å². The van der Waals surface area contributed by atoms with Crippen molar-refractivity contribution < 1.29 is 33.3 Å². The van der Waals surface area contributed by atoms with Crippen LogP contribution in [0.2, 0.25) is 0 Å².